The molecule has 0 aliphatic rings. The molecule has 3 nitrogen and oxygen atoms in total. The van der Waals surface area contributed by atoms with Gasteiger partial charge in [-0.2, -0.15) is 0 Å². The Morgan fingerprint density at radius 2 is 2.12 bits per heavy atom. The normalized spacial score (nSPS) is 10.2. The highest BCUT2D eigenvalue weighted by atomic mass is 79.9. The van der Waals surface area contributed by atoms with Crippen LogP contribution in [-0.2, 0) is 0 Å². The van der Waals surface area contributed by atoms with Crippen molar-refractivity contribution in [3.63, 3.8) is 0 Å². The van der Waals surface area contributed by atoms with Crippen molar-refractivity contribution in [3.05, 3.63) is 45.8 Å². The first-order valence-electron chi connectivity index (χ1n) is 4.66. The number of benzene rings is 1. The Hall–Kier alpha value is -1.13. The molecule has 5 heteroatoms. The van der Waals surface area contributed by atoms with Crippen LogP contribution in [0.1, 0.15) is 5.56 Å². The molecule has 0 saturated heterocycles. The van der Waals surface area contributed by atoms with Gasteiger partial charge in [-0.25, -0.2) is 9.97 Å². The molecule has 1 N–H and O–H groups in total. The maximum atomic E-state index is 6.10. The molecule has 0 bridgehead atoms. The maximum absolute atomic E-state index is 6.10. The minimum absolute atomic E-state index is 0.676. The smallest absolute Gasteiger partial charge is 0.134 e. The molecule has 0 atom stereocenters. The summed E-state index contributed by atoms with van der Waals surface area (Å²) >= 11 is 9.39. The summed E-state index contributed by atoms with van der Waals surface area (Å²) in [4.78, 5) is 8.07. The van der Waals surface area contributed by atoms with E-state index in [0.29, 0.717) is 10.8 Å². The Labute approximate surface area is 107 Å². The van der Waals surface area contributed by atoms with Crippen molar-refractivity contribution in [2.75, 3.05) is 5.32 Å². The predicted molar refractivity (Wildman–Crippen MR) is 69.2 cm³/mol. The molecule has 1 heterocycles. The molecular weight excluding hydrogens is 289 g/mol. The molecule has 1 aromatic carbocycles. The average Bonchev–Trinajstić information content (AvgIpc) is 2.24. The number of aryl methyl sites for hydroxylation is 1. The Balaban J connectivity index is 2.34. The summed E-state index contributed by atoms with van der Waals surface area (Å²) in [6, 6.07) is 7.54. The van der Waals surface area contributed by atoms with Crippen molar-refractivity contribution in [2.45, 2.75) is 6.92 Å². The summed E-state index contributed by atoms with van der Waals surface area (Å²) in [6.45, 7) is 1.99. The first kappa shape index (κ1) is 11.4. The van der Waals surface area contributed by atoms with E-state index in [4.69, 9.17) is 11.6 Å². The summed E-state index contributed by atoms with van der Waals surface area (Å²) in [5.74, 6) is 0.707. The SMILES string of the molecule is Cc1cccc(Cl)c1Nc1cc(Br)ncn1. The van der Waals surface area contributed by atoms with Crippen molar-refractivity contribution in [3.8, 4) is 0 Å². The van der Waals surface area contributed by atoms with Gasteiger partial charge in [-0.15, -0.1) is 0 Å². The van der Waals surface area contributed by atoms with Crippen LogP contribution in [0.25, 0.3) is 0 Å². The molecule has 1 aromatic heterocycles. The van der Waals surface area contributed by atoms with Gasteiger partial charge in [0.25, 0.3) is 0 Å². The molecular formula is C11H9BrClN3. The number of rotatable bonds is 2. The largest absolute Gasteiger partial charge is 0.339 e. The van der Waals surface area contributed by atoms with Gasteiger partial charge in [-0.3, -0.25) is 0 Å². The van der Waals surface area contributed by atoms with Crippen molar-refractivity contribution in [2.24, 2.45) is 0 Å². The molecule has 0 aliphatic carbocycles. The van der Waals surface area contributed by atoms with E-state index in [1.165, 1.54) is 6.33 Å². The highest BCUT2D eigenvalue weighted by Gasteiger charge is 2.04. The van der Waals surface area contributed by atoms with E-state index in [0.717, 1.165) is 15.9 Å². The third-order valence-corrected chi connectivity index (χ3v) is 2.86. The van der Waals surface area contributed by atoms with Crippen LogP contribution in [0, 0.1) is 6.92 Å². The number of anilines is 2. The molecule has 0 radical (unpaired) electrons. The number of para-hydroxylation sites is 1. The fraction of sp³-hybridized carbons (Fsp3) is 0.0909. The zero-order valence-corrected chi connectivity index (χ0v) is 10.9. The molecule has 0 saturated carbocycles. The predicted octanol–water partition coefficient (Wildman–Crippen LogP) is 3.94. The second kappa shape index (κ2) is 4.80. The van der Waals surface area contributed by atoms with Crippen LogP contribution in [0.2, 0.25) is 5.02 Å². The minimum Gasteiger partial charge on any atom is -0.339 e. The van der Waals surface area contributed by atoms with Crippen molar-refractivity contribution >= 4 is 39.0 Å². The van der Waals surface area contributed by atoms with E-state index in [-0.39, 0.29) is 0 Å². The molecule has 0 fully saturated rings. The molecule has 0 amide bonds. The van der Waals surface area contributed by atoms with E-state index in [1.54, 1.807) is 6.07 Å². The van der Waals surface area contributed by atoms with Gasteiger partial charge in [0.2, 0.25) is 0 Å². The lowest BCUT2D eigenvalue weighted by Crippen LogP contribution is -1.97. The molecule has 0 unspecified atom stereocenters. The van der Waals surface area contributed by atoms with Gasteiger partial charge in [0.15, 0.2) is 0 Å². The van der Waals surface area contributed by atoms with Gasteiger partial charge in [0, 0.05) is 6.07 Å². The summed E-state index contributed by atoms with van der Waals surface area (Å²) in [7, 11) is 0. The van der Waals surface area contributed by atoms with E-state index >= 15 is 0 Å². The Bertz CT molecular complexity index is 496. The lowest BCUT2D eigenvalue weighted by atomic mass is 10.2. The quantitative estimate of drug-likeness (QED) is 0.853. The van der Waals surface area contributed by atoms with Crippen molar-refractivity contribution in [1.29, 1.82) is 0 Å². The minimum atomic E-state index is 0.676. The number of halogens is 2. The monoisotopic (exact) mass is 297 g/mol. The van der Waals surface area contributed by atoms with E-state index in [1.807, 2.05) is 25.1 Å². The molecule has 0 aliphatic heterocycles. The van der Waals surface area contributed by atoms with Gasteiger partial charge in [0.05, 0.1) is 10.7 Å². The van der Waals surface area contributed by atoms with Gasteiger partial charge < -0.3 is 5.32 Å². The first-order valence-corrected chi connectivity index (χ1v) is 5.83. The third-order valence-electron chi connectivity index (χ3n) is 2.11. The van der Waals surface area contributed by atoms with Crippen molar-refractivity contribution < 1.29 is 0 Å². The summed E-state index contributed by atoms with van der Waals surface area (Å²) in [5, 5.41) is 3.84. The van der Waals surface area contributed by atoms with E-state index in [9.17, 15) is 0 Å². The number of nitrogens with zero attached hydrogens (tertiary/aromatic N) is 2. The zero-order chi connectivity index (χ0) is 11.5. The second-order valence-electron chi connectivity index (χ2n) is 3.28. The average molecular weight is 299 g/mol. The Morgan fingerprint density at radius 3 is 2.81 bits per heavy atom. The van der Waals surface area contributed by atoms with E-state index in [2.05, 4.69) is 31.2 Å². The summed E-state index contributed by atoms with van der Waals surface area (Å²) in [6.07, 6.45) is 1.48. The van der Waals surface area contributed by atoms with Crippen LogP contribution in [0.4, 0.5) is 11.5 Å². The zero-order valence-electron chi connectivity index (χ0n) is 8.54. The van der Waals surface area contributed by atoms with Crippen LogP contribution >= 0.6 is 27.5 Å². The van der Waals surface area contributed by atoms with Crippen LogP contribution in [0.5, 0.6) is 0 Å². The topological polar surface area (TPSA) is 37.8 Å². The second-order valence-corrected chi connectivity index (χ2v) is 4.50. The Kier molecular flexibility index (Phi) is 3.41. The van der Waals surface area contributed by atoms with Gasteiger partial charge in [0.1, 0.15) is 16.7 Å². The standard InChI is InChI=1S/C11H9BrClN3/c1-7-3-2-4-8(13)11(7)16-10-5-9(12)14-6-15-10/h2-6H,1H3,(H,14,15,16). The number of aromatic nitrogens is 2. The number of hydrogen-bond donors (Lipinski definition) is 1. The Morgan fingerprint density at radius 1 is 1.31 bits per heavy atom. The lowest BCUT2D eigenvalue weighted by Gasteiger charge is -2.10. The van der Waals surface area contributed by atoms with Crippen LogP contribution in [-0.4, -0.2) is 9.97 Å². The molecule has 2 rings (SSSR count). The van der Waals surface area contributed by atoms with Crippen LogP contribution < -0.4 is 5.32 Å². The molecule has 0 spiro atoms. The van der Waals surface area contributed by atoms with Crippen LogP contribution in [0.15, 0.2) is 35.2 Å². The summed E-state index contributed by atoms with van der Waals surface area (Å²) in [5.41, 5.74) is 1.94. The summed E-state index contributed by atoms with van der Waals surface area (Å²) < 4.78 is 0.731. The molecule has 82 valence electrons. The highest BCUT2D eigenvalue weighted by Crippen LogP contribution is 2.28. The third kappa shape index (κ3) is 2.51. The maximum Gasteiger partial charge on any atom is 0.134 e. The fourth-order valence-corrected chi connectivity index (χ4v) is 1.90. The molecule has 16 heavy (non-hydrogen) atoms. The molecule has 2 aromatic rings. The lowest BCUT2D eigenvalue weighted by molar-refractivity contribution is 1.14. The highest BCUT2D eigenvalue weighted by molar-refractivity contribution is 9.10. The van der Waals surface area contributed by atoms with E-state index < -0.39 is 0 Å². The fourth-order valence-electron chi connectivity index (χ4n) is 1.32. The van der Waals surface area contributed by atoms with Gasteiger partial charge in [-0.05, 0) is 34.5 Å². The number of nitrogens with one attached hydrogen (secondary N) is 1. The van der Waals surface area contributed by atoms with Crippen LogP contribution in [0.3, 0.4) is 0 Å². The first-order chi connectivity index (χ1) is 7.66. The van der Waals surface area contributed by atoms with Gasteiger partial charge in [-0.1, -0.05) is 23.7 Å². The number of hydrogen-bond acceptors (Lipinski definition) is 3. The van der Waals surface area contributed by atoms with Gasteiger partial charge >= 0.3 is 0 Å². The van der Waals surface area contributed by atoms with Crippen molar-refractivity contribution in [1.82, 2.24) is 9.97 Å².